The number of hydrogen-bond acceptors (Lipinski definition) is 9. The van der Waals surface area contributed by atoms with Crippen molar-refractivity contribution in [3.05, 3.63) is 55.0 Å². The normalized spacial score (nSPS) is 15.4. The molecule has 6 rings (SSSR count). The molecule has 2 aliphatic rings. The second-order valence-corrected chi connectivity index (χ2v) is 14.0. The Kier molecular flexibility index (Phi) is 8.93. The lowest BCUT2D eigenvalue weighted by Crippen LogP contribution is -2.56. The molecule has 0 atom stereocenters. The van der Waals surface area contributed by atoms with Crippen LogP contribution >= 0.6 is 0 Å². The zero-order valence-electron chi connectivity index (χ0n) is 28.9. The molecule has 1 saturated heterocycles. The maximum absolute atomic E-state index is 13.7. The van der Waals surface area contributed by atoms with Crippen LogP contribution in [-0.4, -0.2) is 94.1 Å². The molecule has 48 heavy (non-hydrogen) atoms. The molecular weight excluding hydrogens is 610 g/mol. The van der Waals surface area contributed by atoms with Gasteiger partial charge >= 0.3 is 6.09 Å². The molecule has 12 heteroatoms. The van der Waals surface area contributed by atoms with Crippen LogP contribution in [-0.2, 0) is 15.1 Å². The molecule has 2 aromatic heterocycles. The van der Waals surface area contributed by atoms with Crippen LogP contribution < -0.4 is 14.4 Å². The van der Waals surface area contributed by atoms with E-state index in [9.17, 15) is 9.59 Å². The van der Waals surface area contributed by atoms with Crippen molar-refractivity contribution in [1.82, 2.24) is 29.5 Å². The van der Waals surface area contributed by atoms with Gasteiger partial charge in [0, 0.05) is 74.1 Å². The van der Waals surface area contributed by atoms with E-state index in [-0.39, 0.29) is 12.0 Å². The first-order chi connectivity index (χ1) is 22.8. The Morgan fingerprint density at radius 1 is 0.854 bits per heavy atom. The van der Waals surface area contributed by atoms with E-state index in [1.54, 1.807) is 41.1 Å². The van der Waals surface area contributed by atoms with E-state index in [0.29, 0.717) is 37.8 Å². The van der Waals surface area contributed by atoms with Crippen LogP contribution in [0.1, 0.15) is 47.5 Å². The van der Waals surface area contributed by atoms with Crippen LogP contribution in [0, 0.1) is 5.92 Å². The van der Waals surface area contributed by atoms with E-state index in [4.69, 9.17) is 24.2 Å². The molecule has 2 amide bonds. The van der Waals surface area contributed by atoms with Crippen molar-refractivity contribution in [3.8, 4) is 22.8 Å². The number of carbonyl (C=O) groups excluding carboxylic acids is 2. The molecule has 12 nitrogen and oxygen atoms in total. The first kappa shape index (κ1) is 33.0. The van der Waals surface area contributed by atoms with Gasteiger partial charge in [-0.2, -0.15) is 5.10 Å². The molecule has 0 spiro atoms. The summed E-state index contributed by atoms with van der Waals surface area (Å²) in [5, 5.41) is 4.59. The molecule has 2 aromatic carbocycles. The molecule has 4 aromatic rings. The summed E-state index contributed by atoms with van der Waals surface area (Å²) in [5.41, 5.74) is 3.44. The van der Waals surface area contributed by atoms with E-state index in [0.717, 1.165) is 46.0 Å². The lowest BCUT2D eigenvalue weighted by atomic mass is 10.0. The van der Waals surface area contributed by atoms with E-state index < -0.39 is 11.1 Å². The average Bonchev–Trinajstić information content (AvgIpc) is 3.76. The van der Waals surface area contributed by atoms with E-state index in [1.165, 1.54) is 12.8 Å². The van der Waals surface area contributed by atoms with Crippen molar-refractivity contribution >= 4 is 34.4 Å². The number of methoxy groups -OCH3 is 2. The van der Waals surface area contributed by atoms with Crippen LogP contribution in [0.25, 0.3) is 22.3 Å². The number of fused-ring (bicyclic) bond motifs is 1. The van der Waals surface area contributed by atoms with Gasteiger partial charge in [-0.3, -0.25) is 14.5 Å². The number of amides is 2. The van der Waals surface area contributed by atoms with E-state index in [2.05, 4.69) is 22.1 Å². The number of carbonyl (C=O) groups is 2. The molecule has 0 radical (unpaired) electrons. The standard InChI is InChI=1S/C36H45N7O5/c1-35(2,3)48-34(45)41-14-12-40(13-15-41)33(44)36(4,5)43-23-25(20-38-43)32-21-37-30-11-10-26(18-31(30)39-32)42(22-24-8-9-24)27-16-28(46-6)19-29(17-27)47-7/h10-11,16-21,23-24H,8-9,12-15,22H2,1-7H3. The third-order valence-corrected chi connectivity index (χ3v) is 8.82. The third-order valence-electron chi connectivity index (χ3n) is 8.82. The second-order valence-electron chi connectivity index (χ2n) is 14.0. The molecule has 2 fully saturated rings. The molecule has 1 aliphatic carbocycles. The Morgan fingerprint density at radius 3 is 2.15 bits per heavy atom. The zero-order chi connectivity index (χ0) is 34.2. The number of benzene rings is 2. The lowest BCUT2D eigenvalue weighted by molar-refractivity contribution is -0.141. The number of nitrogens with zero attached hydrogens (tertiary/aromatic N) is 7. The van der Waals surface area contributed by atoms with Gasteiger partial charge < -0.3 is 28.9 Å². The average molecular weight is 656 g/mol. The van der Waals surface area contributed by atoms with E-state index >= 15 is 0 Å². The Labute approximate surface area is 281 Å². The highest BCUT2D eigenvalue weighted by molar-refractivity contribution is 5.85. The fraction of sp³-hybridized carbons (Fsp3) is 0.472. The SMILES string of the molecule is COc1cc(OC)cc(N(CC2CC2)c2ccc3ncc(-c4cnn(C(C)(C)C(=O)N5CCN(C(=O)OC(C)(C)C)CC5)c4)nc3c2)c1. The number of rotatable bonds is 9. The van der Waals surface area contributed by atoms with Crippen molar-refractivity contribution in [1.29, 1.82) is 0 Å². The maximum atomic E-state index is 13.7. The van der Waals surface area contributed by atoms with Gasteiger partial charge in [0.05, 0.1) is 43.3 Å². The summed E-state index contributed by atoms with van der Waals surface area (Å²) in [7, 11) is 3.32. The van der Waals surface area contributed by atoms with Crippen molar-refractivity contribution in [2.45, 2.75) is 58.6 Å². The van der Waals surface area contributed by atoms with Gasteiger partial charge in [0.2, 0.25) is 5.91 Å². The maximum Gasteiger partial charge on any atom is 0.410 e. The smallest absolute Gasteiger partial charge is 0.410 e. The van der Waals surface area contributed by atoms with Crippen LogP contribution in [0.3, 0.4) is 0 Å². The monoisotopic (exact) mass is 655 g/mol. The van der Waals surface area contributed by atoms with Crippen LogP contribution in [0.5, 0.6) is 11.5 Å². The minimum absolute atomic E-state index is 0.0693. The summed E-state index contributed by atoms with van der Waals surface area (Å²) in [6, 6.07) is 12.1. The predicted molar refractivity (Wildman–Crippen MR) is 184 cm³/mol. The minimum Gasteiger partial charge on any atom is -0.497 e. The van der Waals surface area contributed by atoms with Crippen molar-refractivity contribution in [3.63, 3.8) is 0 Å². The Hall–Kier alpha value is -4.87. The number of piperazine rings is 1. The van der Waals surface area contributed by atoms with Crippen LogP contribution in [0.2, 0.25) is 0 Å². The van der Waals surface area contributed by atoms with Gasteiger partial charge in [-0.25, -0.2) is 9.78 Å². The largest absolute Gasteiger partial charge is 0.497 e. The minimum atomic E-state index is -0.953. The first-order valence-corrected chi connectivity index (χ1v) is 16.4. The van der Waals surface area contributed by atoms with Gasteiger partial charge in [0.1, 0.15) is 22.6 Å². The summed E-state index contributed by atoms with van der Waals surface area (Å²) >= 11 is 0. The molecule has 1 aliphatic heterocycles. The molecule has 254 valence electrons. The lowest BCUT2D eigenvalue weighted by Gasteiger charge is -2.38. The molecular formula is C36H45N7O5. The van der Waals surface area contributed by atoms with Crippen LogP contribution in [0.4, 0.5) is 16.2 Å². The molecule has 0 bridgehead atoms. The fourth-order valence-electron chi connectivity index (χ4n) is 5.84. The zero-order valence-corrected chi connectivity index (χ0v) is 28.9. The summed E-state index contributed by atoms with van der Waals surface area (Å²) in [6.45, 7) is 11.8. The van der Waals surface area contributed by atoms with Crippen molar-refractivity contribution in [2.24, 2.45) is 5.92 Å². The number of aromatic nitrogens is 4. The number of ether oxygens (including phenoxy) is 3. The van der Waals surface area contributed by atoms with Crippen LogP contribution in [0.15, 0.2) is 55.0 Å². The fourth-order valence-corrected chi connectivity index (χ4v) is 5.84. The Morgan fingerprint density at radius 2 is 1.52 bits per heavy atom. The van der Waals surface area contributed by atoms with Crippen molar-refractivity contribution in [2.75, 3.05) is 51.8 Å². The highest BCUT2D eigenvalue weighted by atomic mass is 16.6. The predicted octanol–water partition coefficient (Wildman–Crippen LogP) is 5.87. The quantitative estimate of drug-likeness (QED) is 0.218. The van der Waals surface area contributed by atoms with E-state index in [1.807, 2.05) is 65.1 Å². The van der Waals surface area contributed by atoms with Crippen molar-refractivity contribution < 1.29 is 23.8 Å². The van der Waals surface area contributed by atoms with Gasteiger partial charge in [-0.1, -0.05) is 0 Å². The van der Waals surface area contributed by atoms with Gasteiger partial charge in [-0.15, -0.1) is 0 Å². The van der Waals surface area contributed by atoms with Gasteiger partial charge in [0.25, 0.3) is 0 Å². The molecule has 1 saturated carbocycles. The summed E-state index contributed by atoms with van der Waals surface area (Å²) in [6.07, 6.45) is 7.36. The topological polar surface area (TPSA) is 115 Å². The highest BCUT2D eigenvalue weighted by Gasteiger charge is 2.37. The molecule has 0 N–H and O–H groups in total. The summed E-state index contributed by atoms with van der Waals surface area (Å²) in [5.74, 6) is 2.02. The molecule has 3 heterocycles. The Bertz CT molecular complexity index is 1780. The van der Waals surface area contributed by atoms with Gasteiger partial charge in [0.15, 0.2) is 0 Å². The highest BCUT2D eigenvalue weighted by Crippen LogP contribution is 2.39. The Balaban J connectivity index is 1.21. The summed E-state index contributed by atoms with van der Waals surface area (Å²) in [4.78, 5) is 41.6. The number of anilines is 2. The summed E-state index contributed by atoms with van der Waals surface area (Å²) < 4.78 is 18.3. The van der Waals surface area contributed by atoms with Gasteiger partial charge in [-0.05, 0) is 71.6 Å². The third kappa shape index (κ3) is 7.17. The number of hydrogen-bond donors (Lipinski definition) is 0. The molecule has 0 unspecified atom stereocenters. The first-order valence-electron chi connectivity index (χ1n) is 16.4. The second kappa shape index (κ2) is 13.0.